The molecule has 0 bridgehead atoms. The summed E-state index contributed by atoms with van der Waals surface area (Å²) < 4.78 is 0. The lowest BCUT2D eigenvalue weighted by molar-refractivity contribution is -0.141. The van der Waals surface area contributed by atoms with Gasteiger partial charge in [-0.05, 0) is 24.6 Å². The highest BCUT2D eigenvalue weighted by atomic mass is 35.5. The highest BCUT2D eigenvalue weighted by Gasteiger charge is 2.40. The molecule has 25 heavy (non-hydrogen) atoms. The van der Waals surface area contributed by atoms with Gasteiger partial charge in [-0.3, -0.25) is 14.4 Å². The molecule has 0 saturated carbocycles. The number of hydrogen-bond donors (Lipinski definition) is 3. The van der Waals surface area contributed by atoms with Crippen molar-refractivity contribution in [2.24, 2.45) is 0 Å². The van der Waals surface area contributed by atoms with Gasteiger partial charge in [-0.15, -0.1) is 0 Å². The Hall–Kier alpha value is -2.12. The van der Waals surface area contributed by atoms with Gasteiger partial charge in [0.15, 0.2) is 0 Å². The summed E-state index contributed by atoms with van der Waals surface area (Å²) in [7, 11) is 0. The second kappa shape index (κ2) is 8.31. The van der Waals surface area contributed by atoms with Crippen LogP contribution in [0.3, 0.4) is 0 Å². The number of rotatable bonds is 5. The van der Waals surface area contributed by atoms with Crippen LogP contribution in [0.15, 0.2) is 24.3 Å². The number of hydrogen-bond acceptors (Lipinski definition) is 4. The fraction of sp³-hybridized carbons (Fsp3) is 0.471. The lowest BCUT2D eigenvalue weighted by Crippen LogP contribution is -2.52. The highest BCUT2D eigenvalue weighted by molar-refractivity contribution is 6.30. The van der Waals surface area contributed by atoms with Crippen molar-refractivity contribution in [2.45, 2.75) is 45.0 Å². The molecular weight excluding hydrogens is 346 g/mol. The van der Waals surface area contributed by atoms with Crippen LogP contribution in [0.25, 0.3) is 0 Å². The number of halogens is 1. The maximum absolute atomic E-state index is 12.5. The van der Waals surface area contributed by atoms with Gasteiger partial charge in [-0.2, -0.15) is 0 Å². The molecule has 8 heteroatoms. The lowest BCUT2D eigenvalue weighted by atomic mass is 10.1. The molecule has 1 aliphatic rings. The van der Waals surface area contributed by atoms with Crippen molar-refractivity contribution in [2.75, 3.05) is 6.54 Å². The summed E-state index contributed by atoms with van der Waals surface area (Å²) in [5, 5.41) is 15.8. The fourth-order valence-electron chi connectivity index (χ4n) is 2.83. The molecule has 3 amide bonds. The first kappa shape index (κ1) is 19.2. The Morgan fingerprint density at radius 1 is 1.32 bits per heavy atom. The van der Waals surface area contributed by atoms with Crippen LogP contribution in [0.1, 0.15) is 25.8 Å². The zero-order valence-electron chi connectivity index (χ0n) is 14.2. The fourth-order valence-corrected chi connectivity index (χ4v) is 2.96. The highest BCUT2D eigenvalue weighted by Crippen LogP contribution is 2.19. The summed E-state index contributed by atoms with van der Waals surface area (Å²) in [5.74, 6) is -1.06. The monoisotopic (exact) mass is 367 g/mol. The maximum atomic E-state index is 12.5. The number of amides is 3. The van der Waals surface area contributed by atoms with E-state index in [0.29, 0.717) is 11.6 Å². The standard InChI is InChI=1S/C17H22ClN3O4/c1-10(20-11(2)22)17(25)21-9-14(23)7-15(21)16(24)19-8-12-3-5-13(18)6-4-12/h3-6,10,14-15,23H,7-9H2,1-2H3,(H,19,24)(H,20,22)/t10-,14+,15-/m0/s1. The van der Waals surface area contributed by atoms with Crippen LogP contribution in [0.2, 0.25) is 5.02 Å². The van der Waals surface area contributed by atoms with Gasteiger partial charge in [0.25, 0.3) is 0 Å². The summed E-state index contributed by atoms with van der Waals surface area (Å²) in [5.41, 5.74) is 0.876. The normalized spacial score (nSPS) is 20.9. The van der Waals surface area contributed by atoms with Crippen molar-refractivity contribution in [3.05, 3.63) is 34.9 Å². The third-order valence-electron chi connectivity index (χ3n) is 4.03. The number of likely N-dealkylation sites (tertiary alicyclic amines) is 1. The van der Waals surface area contributed by atoms with Crippen LogP contribution in [-0.4, -0.2) is 52.5 Å². The predicted molar refractivity (Wildman–Crippen MR) is 92.7 cm³/mol. The second-order valence-corrected chi connectivity index (χ2v) is 6.60. The summed E-state index contributed by atoms with van der Waals surface area (Å²) in [6.07, 6.45) is -0.593. The largest absolute Gasteiger partial charge is 0.391 e. The predicted octanol–water partition coefficient (Wildman–Crippen LogP) is 0.443. The van der Waals surface area contributed by atoms with E-state index in [1.165, 1.54) is 11.8 Å². The van der Waals surface area contributed by atoms with Gasteiger partial charge in [0.2, 0.25) is 17.7 Å². The minimum atomic E-state index is -0.764. The Labute approximate surface area is 151 Å². The van der Waals surface area contributed by atoms with Crippen molar-refractivity contribution in [1.82, 2.24) is 15.5 Å². The summed E-state index contributed by atoms with van der Waals surface area (Å²) in [4.78, 5) is 37.4. The molecule has 3 atom stereocenters. The van der Waals surface area contributed by atoms with Crippen LogP contribution in [-0.2, 0) is 20.9 Å². The molecule has 1 aliphatic heterocycles. The molecule has 1 aromatic rings. The lowest BCUT2D eigenvalue weighted by Gasteiger charge is -2.26. The van der Waals surface area contributed by atoms with Crippen LogP contribution < -0.4 is 10.6 Å². The van der Waals surface area contributed by atoms with Gasteiger partial charge in [-0.1, -0.05) is 23.7 Å². The third-order valence-corrected chi connectivity index (χ3v) is 4.29. The minimum absolute atomic E-state index is 0.0712. The van der Waals surface area contributed by atoms with Gasteiger partial charge in [-0.25, -0.2) is 0 Å². The number of aliphatic hydroxyl groups excluding tert-OH is 1. The quantitative estimate of drug-likeness (QED) is 0.703. The molecule has 0 aromatic heterocycles. The minimum Gasteiger partial charge on any atom is -0.391 e. The zero-order chi connectivity index (χ0) is 18.6. The third kappa shape index (κ3) is 5.17. The molecule has 1 saturated heterocycles. The van der Waals surface area contributed by atoms with Crippen molar-refractivity contribution >= 4 is 29.3 Å². The van der Waals surface area contributed by atoms with Crippen molar-refractivity contribution in [1.29, 1.82) is 0 Å². The van der Waals surface area contributed by atoms with Crippen LogP contribution in [0, 0.1) is 0 Å². The topological polar surface area (TPSA) is 98.7 Å². The Kier molecular flexibility index (Phi) is 6.39. The summed E-state index contributed by atoms with van der Waals surface area (Å²) >= 11 is 5.82. The van der Waals surface area contributed by atoms with Gasteiger partial charge in [0.1, 0.15) is 12.1 Å². The number of nitrogens with zero attached hydrogens (tertiary/aromatic N) is 1. The van der Waals surface area contributed by atoms with E-state index in [9.17, 15) is 19.5 Å². The molecule has 0 spiro atoms. The Morgan fingerprint density at radius 2 is 1.96 bits per heavy atom. The first-order valence-electron chi connectivity index (χ1n) is 8.05. The van der Waals surface area contributed by atoms with Crippen LogP contribution in [0.5, 0.6) is 0 Å². The summed E-state index contributed by atoms with van der Waals surface area (Å²) in [6.45, 7) is 3.24. The van der Waals surface area contributed by atoms with Crippen LogP contribution in [0.4, 0.5) is 0 Å². The van der Waals surface area contributed by atoms with E-state index in [2.05, 4.69) is 10.6 Å². The molecular formula is C17H22ClN3O4. The van der Waals surface area contributed by atoms with Gasteiger partial charge < -0.3 is 20.6 Å². The Balaban J connectivity index is 1.99. The molecule has 0 aliphatic carbocycles. The number of aliphatic hydroxyl groups is 1. The Bertz CT molecular complexity index is 650. The smallest absolute Gasteiger partial charge is 0.245 e. The van der Waals surface area contributed by atoms with Crippen molar-refractivity contribution in [3.63, 3.8) is 0 Å². The average molecular weight is 368 g/mol. The van der Waals surface area contributed by atoms with E-state index < -0.39 is 24.1 Å². The first-order valence-corrected chi connectivity index (χ1v) is 8.43. The first-order chi connectivity index (χ1) is 11.8. The van der Waals surface area contributed by atoms with E-state index in [1.807, 2.05) is 0 Å². The number of nitrogens with one attached hydrogen (secondary N) is 2. The number of β-amino-alcohol motifs (C(OH)–C–C–N with tert-alkyl or cyclic N) is 1. The SMILES string of the molecule is CC(=O)N[C@@H](C)C(=O)N1C[C@H](O)C[C@H]1C(=O)NCc1ccc(Cl)cc1. The Morgan fingerprint density at radius 3 is 2.56 bits per heavy atom. The molecule has 1 aromatic carbocycles. The van der Waals surface area contributed by atoms with Crippen LogP contribution >= 0.6 is 11.6 Å². The van der Waals surface area contributed by atoms with E-state index in [1.54, 1.807) is 31.2 Å². The number of carbonyl (C=O) groups excluding carboxylic acids is 3. The average Bonchev–Trinajstić information content (AvgIpc) is 2.94. The maximum Gasteiger partial charge on any atom is 0.245 e. The van der Waals surface area contributed by atoms with Gasteiger partial charge in [0.05, 0.1) is 6.10 Å². The second-order valence-electron chi connectivity index (χ2n) is 6.16. The van der Waals surface area contributed by atoms with E-state index in [0.717, 1.165) is 5.56 Å². The van der Waals surface area contributed by atoms with Gasteiger partial charge >= 0.3 is 0 Å². The van der Waals surface area contributed by atoms with E-state index >= 15 is 0 Å². The van der Waals surface area contributed by atoms with E-state index in [4.69, 9.17) is 11.6 Å². The molecule has 0 unspecified atom stereocenters. The molecule has 0 radical (unpaired) electrons. The molecule has 7 nitrogen and oxygen atoms in total. The molecule has 136 valence electrons. The molecule has 2 rings (SSSR count). The number of benzene rings is 1. The molecule has 1 fully saturated rings. The molecule has 1 heterocycles. The number of carbonyl (C=O) groups is 3. The zero-order valence-corrected chi connectivity index (χ0v) is 14.9. The van der Waals surface area contributed by atoms with E-state index in [-0.39, 0.29) is 24.8 Å². The molecule has 3 N–H and O–H groups in total. The van der Waals surface area contributed by atoms with Crippen molar-refractivity contribution in [3.8, 4) is 0 Å². The van der Waals surface area contributed by atoms with Gasteiger partial charge in [0, 0.05) is 31.5 Å². The summed E-state index contributed by atoms with van der Waals surface area (Å²) in [6, 6.07) is 5.54. The van der Waals surface area contributed by atoms with Crippen molar-refractivity contribution < 1.29 is 19.5 Å².